The molecule has 4 rings (SSSR count). The third kappa shape index (κ3) is 4.88. The van der Waals surface area contributed by atoms with Gasteiger partial charge >= 0.3 is 6.01 Å². The van der Waals surface area contributed by atoms with Gasteiger partial charge in [0.2, 0.25) is 0 Å². The average Bonchev–Trinajstić information content (AvgIpc) is 3.14. The highest BCUT2D eigenvalue weighted by molar-refractivity contribution is 5.68. The highest BCUT2D eigenvalue weighted by atomic mass is 16.3. The normalized spacial score (nSPS) is 14.8. The molecule has 7 heteroatoms. The van der Waals surface area contributed by atoms with E-state index in [0.29, 0.717) is 29.5 Å². The van der Waals surface area contributed by atoms with Crippen LogP contribution in [-0.4, -0.2) is 36.1 Å². The Morgan fingerprint density at radius 1 is 0.938 bits per heavy atom. The summed E-state index contributed by atoms with van der Waals surface area (Å²) in [6, 6.07) is 11.7. The summed E-state index contributed by atoms with van der Waals surface area (Å²) >= 11 is 0. The number of phenols is 2. The first-order valence-corrected chi connectivity index (χ1v) is 11.4. The zero-order chi connectivity index (χ0) is 22.7. The Bertz CT molecular complexity index is 1050. The van der Waals surface area contributed by atoms with E-state index in [1.807, 2.05) is 26.0 Å². The number of hydrogen-bond acceptors (Lipinski definition) is 6. The second-order valence-corrected chi connectivity index (χ2v) is 9.02. The molecule has 3 aromatic rings. The van der Waals surface area contributed by atoms with Crippen LogP contribution in [0.2, 0.25) is 0 Å². The average molecular weight is 437 g/mol. The standard InChI is InChI=1S/C25H32N4O3/c1-16(2)20-12-21(23(31)13-22(20)30)24-27-28-25(32)29(24)15-18-10-8-17(9-11-18)14-26-19-6-4-3-5-7-19/h8-13,16,19,26,30-31H,3-7,14-15H2,1-2H3,(H,28,32). The second kappa shape index (κ2) is 9.61. The lowest BCUT2D eigenvalue weighted by molar-refractivity contribution is 0.372. The van der Waals surface area contributed by atoms with Crippen molar-refractivity contribution in [3.63, 3.8) is 0 Å². The van der Waals surface area contributed by atoms with Gasteiger partial charge in [0.1, 0.15) is 11.5 Å². The van der Waals surface area contributed by atoms with Crippen LogP contribution in [0.15, 0.2) is 36.4 Å². The molecule has 1 aliphatic rings. The first-order valence-electron chi connectivity index (χ1n) is 11.4. The zero-order valence-corrected chi connectivity index (χ0v) is 18.8. The molecule has 1 fully saturated rings. The fraction of sp³-hybridized carbons (Fsp3) is 0.440. The fourth-order valence-electron chi connectivity index (χ4n) is 4.39. The minimum absolute atomic E-state index is 0.0361. The van der Waals surface area contributed by atoms with Gasteiger partial charge < -0.3 is 20.6 Å². The van der Waals surface area contributed by atoms with Crippen LogP contribution in [0.3, 0.4) is 0 Å². The molecule has 0 unspecified atom stereocenters. The van der Waals surface area contributed by atoms with E-state index in [4.69, 9.17) is 0 Å². The molecule has 170 valence electrons. The van der Waals surface area contributed by atoms with Gasteiger partial charge in [-0.1, -0.05) is 62.5 Å². The third-order valence-electron chi connectivity index (χ3n) is 6.30. The summed E-state index contributed by atoms with van der Waals surface area (Å²) in [5.74, 6) is 0.345. The molecule has 0 atom stereocenters. The van der Waals surface area contributed by atoms with Crippen molar-refractivity contribution in [2.45, 2.75) is 71.0 Å². The van der Waals surface area contributed by atoms with Crippen molar-refractivity contribution in [1.29, 1.82) is 0 Å². The highest BCUT2D eigenvalue weighted by Crippen LogP contribution is 2.38. The van der Waals surface area contributed by atoms with Crippen molar-refractivity contribution in [3.8, 4) is 28.9 Å². The number of phenolic OH excluding ortho intramolecular Hbond substituents is 2. The van der Waals surface area contributed by atoms with E-state index < -0.39 is 0 Å². The molecule has 0 radical (unpaired) electrons. The maximum absolute atomic E-state index is 10.4. The van der Waals surface area contributed by atoms with Gasteiger partial charge in [-0.2, -0.15) is 0 Å². The maximum Gasteiger partial charge on any atom is 0.315 e. The molecule has 7 nitrogen and oxygen atoms in total. The van der Waals surface area contributed by atoms with E-state index in [0.717, 1.165) is 12.1 Å². The van der Waals surface area contributed by atoms with Gasteiger partial charge in [-0.05, 0) is 41.5 Å². The number of rotatable bonds is 7. The summed E-state index contributed by atoms with van der Waals surface area (Å²) < 4.78 is 1.56. The smallest absolute Gasteiger partial charge is 0.315 e. The first kappa shape index (κ1) is 22.1. The maximum atomic E-state index is 10.4. The van der Waals surface area contributed by atoms with E-state index in [9.17, 15) is 15.3 Å². The van der Waals surface area contributed by atoms with Gasteiger partial charge in [0, 0.05) is 18.7 Å². The Morgan fingerprint density at radius 3 is 2.31 bits per heavy atom. The highest BCUT2D eigenvalue weighted by Gasteiger charge is 2.20. The molecule has 0 bridgehead atoms. The molecule has 32 heavy (non-hydrogen) atoms. The van der Waals surface area contributed by atoms with Gasteiger partial charge in [0.05, 0.1) is 12.1 Å². The van der Waals surface area contributed by atoms with Gasteiger partial charge in [-0.15, -0.1) is 5.10 Å². The van der Waals surface area contributed by atoms with Crippen LogP contribution in [0.25, 0.3) is 11.4 Å². The SMILES string of the molecule is CC(C)c1cc(-c2nnc(O)n2Cc2ccc(CNC3CCCCC3)cc2)c(O)cc1O. The number of nitrogens with one attached hydrogen (secondary N) is 1. The van der Waals surface area contributed by atoms with Gasteiger partial charge in [0.25, 0.3) is 0 Å². The Hall–Kier alpha value is -3.06. The third-order valence-corrected chi connectivity index (χ3v) is 6.30. The summed E-state index contributed by atoms with van der Waals surface area (Å²) in [6.45, 7) is 5.14. The predicted molar refractivity (Wildman–Crippen MR) is 124 cm³/mol. The fourth-order valence-corrected chi connectivity index (χ4v) is 4.39. The van der Waals surface area contributed by atoms with Crippen molar-refractivity contribution in [2.75, 3.05) is 0 Å². The van der Waals surface area contributed by atoms with E-state index in [2.05, 4.69) is 27.6 Å². The number of aromatic nitrogens is 3. The summed E-state index contributed by atoms with van der Waals surface area (Å²) in [6.07, 6.45) is 6.51. The largest absolute Gasteiger partial charge is 0.508 e. The number of nitrogens with zero attached hydrogens (tertiary/aromatic N) is 3. The monoisotopic (exact) mass is 436 g/mol. The lowest BCUT2D eigenvalue weighted by Crippen LogP contribution is -2.30. The topological polar surface area (TPSA) is 103 Å². The zero-order valence-electron chi connectivity index (χ0n) is 18.8. The molecule has 0 saturated heterocycles. The van der Waals surface area contributed by atoms with Crippen molar-refractivity contribution in [3.05, 3.63) is 53.1 Å². The van der Waals surface area contributed by atoms with Crippen molar-refractivity contribution in [2.24, 2.45) is 0 Å². The van der Waals surface area contributed by atoms with Crippen LogP contribution in [0.4, 0.5) is 0 Å². The first-order chi connectivity index (χ1) is 15.4. The second-order valence-electron chi connectivity index (χ2n) is 9.02. The van der Waals surface area contributed by atoms with E-state index in [1.165, 1.54) is 43.7 Å². The lowest BCUT2D eigenvalue weighted by atomic mass is 9.95. The molecule has 1 heterocycles. The summed E-state index contributed by atoms with van der Waals surface area (Å²) in [4.78, 5) is 0. The van der Waals surface area contributed by atoms with Crippen LogP contribution in [0.5, 0.6) is 17.5 Å². The van der Waals surface area contributed by atoms with Gasteiger partial charge in [0.15, 0.2) is 5.82 Å². The number of aromatic hydroxyl groups is 3. The molecule has 0 amide bonds. The van der Waals surface area contributed by atoms with Crippen LogP contribution in [0, 0.1) is 0 Å². The van der Waals surface area contributed by atoms with Crippen molar-refractivity contribution >= 4 is 0 Å². The molecule has 0 spiro atoms. The summed E-state index contributed by atoms with van der Waals surface area (Å²) in [5.41, 5.74) is 3.34. The Morgan fingerprint density at radius 2 is 1.62 bits per heavy atom. The van der Waals surface area contributed by atoms with E-state index in [-0.39, 0.29) is 23.4 Å². The predicted octanol–water partition coefficient (Wildman–Crippen LogP) is 4.66. The minimum Gasteiger partial charge on any atom is -0.508 e. The summed E-state index contributed by atoms with van der Waals surface area (Å²) in [5, 5.41) is 42.4. The lowest BCUT2D eigenvalue weighted by Gasteiger charge is -2.22. The molecule has 1 aliphatic carbocycles. The van der Waals surface area contributed by atoms with Gasteiger partial charge in [-0.3, -0.25) is 4.57 Å². The molecule has 2 aromatic carbocycles. The van der Waals surface area contributed by atoms with Crippen molar-refractivity contribution < 1.29 is 15.3 Å². The molecule has 0 aliphatic heterocycles. The van der Waals surface area contributed by atoms with Crippen molar-refractivity contribution in [1.82, 2.24) is 20.1 Å². The molecular weight excluding hydrogens is 404 g/mol. The minimum atomic E-state index is -0.221. The summed E-state index contributed by atoms with van der Waals surface area (Å²) in [7, 11) is 0. The van der Waals surface area contributed by atoms with Crippen LogP contribution in [0.1, 0.15) is 68.6 Å². The van der Waals surface area contributed by atoms with Crippen LogP contribution < -0.4 is 5.32 Å². The Labute approximate surface area is 188 Å². The Kier molecular flexibility index (Phi) is 6.65. The van der Waals surface area contributed by atoms with E-state index >= 15 is 0 Å². The van der Waals surface area contributed by atoms with E-state index in [1.54, 1.807) is 10.6 Å². The molecular formula is C25H32N4O3. The molecule has 1 aromatic heterocycles. The molecule has 1 saturated carbocycles. The quantitative estimate of drug-likeness (QED) is 0.430. The Balaban J connectivity index is 1.51. The number of benzene rings is 2. The molecule has 4 N–H and O–H groups in total. The van der Waals surface area contributed by atoms with Gasteiger partial charge in [-0.25, -0.2) is 0 Å². The van der Waals surface area contributed by atoms with Crippen LogP contribution in [-0.2, 0) is 13.1 Å². The van der Waals surface area contributed by atoms with Crippen LogP contribution >= 0.6 is 0 Å². The number of hydrogen-bond donors (Lipinski definition) is 4.